The molecular weight excluding hydrogens is 332 g/mol. The van der Waals surface area contributed by atoms with E-state index in [1.54, 1.807) is 25.3 Å². The minimum Gasteiger partial charge on any atom is -0.497 e. The van der Waals surface area contributed by atoms with Gasteiger partial charge in [0.2, 0.25) is 0 Å². The van der Waals surface area contributed by atoms with Crippen LogP contribution in [-0.2, 0) is 0 Å². The van der Waals surface area contributed by atoms with Crippen molar-refractivity contribution in [2.24, 2.45) is 0 Å². The van der Waals surface area contributed by atoms with E-state index in [9.17, 15) is 9.90 Å². The van der Waals surface area contributed by atoms with Crippen LogP contribution in [0.3, 0.4) is 0 Å². The maximum Gasteiger partial charge on any atom is 0.319 e. The first-order valence-corrected chi connectivity index (χ1v) is 8.49. The van der Waals surface area contributed by atoms with Crippen molar-refractivity contribution >= 4 is 11.7 Å². The van der Waals surface area contributed by atoms with Gasteiger partial charge in [-0.1, -0.05) is 26.0 Å². The first kappa shape index (κ1) is 19.6. The maximum absolute atomic E-state index is 12.1. The van der Waals surface area contributed by atoms with Crippen LogP contribution in [0.15, 0.2) is 42.5 Å². The van der Waals surface area contributed by atoms with E-state index in [1.165, 1.54) is 12.7 Å². The minimum absolute atomic E-state index is 0.0411. The monoisotopic (exact) mass is 358 g/mol. The highest BCUT2D eigenvalue weighted by Gasteiger charge is 2.15. The minimum atomic E-state index is -0.922. The molecular formula is C20H26N2O4. The summed E-state index contributed by atoms with van der Waals surface area (Å²) in [5.41, 5.74) is 2.45. The van der Waals surface area contributed by atoms with Crippen molar-refractivity contribution in [3.05, 3.63) is 53.6 Å². The highest BCUT2D eigenvalue weighted by atomic mass is 16.5. The standard InChI is InChI=1S/C20H26N2O4/c1-13(2)14-5-7-15(8-6-14)22-20(24)21-12-18(23)17-11-16(25-3)9-10-19(17)26-4/h5-11,13,18,23H,12H2,1-4H3,(H2,21,22,24)/t18-/m0/s1. The van der Waals surface area contributed by atoms with Crippen LogP contribution < -0.4 is 20.1 Å². The number of benzene rings is 2. The number of carbonyl (C=O) groups excluding carboxylic acids is 1. The number of rotatable bonds is 7. The molecule has 3 N–H and O–H groups in total. The van der Waals surface area contributed by atoms with Crippen molar-refractivity contribution in [1.29, 1.82) is 0 Å². The molecule has 6 heteroatoms. The number of carbonyl (C=O) groups is 1. The predicted molar refractivity (Wildman–Crippen MR) is 102 cm³/mol. The van der Waals surface area contributed by atoms with E-state index in [0.29, 0.717) is 28.7 Å². The van der Waals surface area contributed by atoms with Gasteiger partial charge >= 0.3 is 6.03 Å². The SMILES string of the molecule is COc1ccc(OC)c([C@@H](O)CNC(=O)Nc2ccc(C(C)C)cc2)c1. The van der Waals surface area contributed by atoms with E-state index >= 15 is 0 Å². The van der Waals surface area contributed by atoms with E-state index in [2.05, 4.69) is 24.5 Å². The molecule has 0 saturated carbocycles. The fourth-order valence-corrected chi connectivity index (χ4v) is 2.53. The Morgan fingerprint density at radius 1 is 1.08 bits per heavy atom. The second-order valence-corrected chi connectivity index (χ2v) is 6.24. The molecule has 0 aliphatic heterocycles. The molecule has 6 nitrogen and oxygen atoms in total. The molecule has 0 fully saturated rings. The average molecular weight is 358 g/mol. The van der Waals surface area contributed by atoms with E-state index < -0.39 is 6.10 Å². The summed E-state index contributed by atoms with van der Waals surface area (Å²) in [5.74, 6) is 1.57. The van der Waals surface area contributed by atoms with Gasteiger partial charge in [-0.15, -0.1) is 0 Å². The Bertz CT molecular complexity index is 729. The van der Waals surface area contributed by atoms with Crippen molar-refractivity contribution < 1.29 is 19.4 Å². The Kier molecular flexibility index (Phi) is 6.86. The molecule has 2 amide bonds. The summed E-state index contributed by atoms with van der Waals surface area (Å²) < 4.78 is 10.4. The summed E-state index contributed by atoms with van der Waals surface area (Å²) >= 11 is 0. The van der Waals surface area contributed by atoms with Crippen LogP contribution in [0.4, 0.5) is 10.5 Å². The van der Waals surface area contributed by atoms with Crippen molar-refractivity contribution in [3.8, 4) is 11.5 Å². The third kappa shape index (κ3) is 5.13. The molecule has 0 aliphatic carbocycles. The van der Waals surface area contributed by atoms with Gasteiger partial charge in [0.05, 0.1) is 14.2 Å². The first-order chi connectivity index (χ1) is 12.4. The summed E-state index contributed by atoms with van der Waals surface area (Å²) in [7, 11) is 3.08. The smallest absolute Gasteiger partial charge is 0.319 e. The van der Waals surface area contributed by atoms with Gasteiger partial charge in [0.25, 0.3) is 0 Å². The van der Waals surface area contributed by atoms with Gasteiger partial charge in [0.15, 0.2) is 0 Å². The predicted octanol–water partition coefficient (Wildman–Crippen LogP) is 3.68. The van der Waals surface area contributed by atoms with Crippen LogP contribution in [0.5, 0.6) is 11.5 Å². The Morgan fingerprint density at radius 3 is 2.35 bits per heavy atom. The fourth-order valence-electron chi connectivity index (χ4n) is 2.53. The number of urea groups is 1. The lowest BCUT2D eigenvalue weighted by molar-refractivity contribution is 0.170. The molecule has 2 aromatic carbocycles. The maximum atomic E-state index is 12.1. The lowest BCUT2D eigenvalue weighted by atomic mass is 10.0. The van der Waals surface area contributed by atoms with Crippen LogP contribution in [0.25, 0.3) is 0 Å². The Labute approximate surface area is 154 Å². The molecule has 2 aromatic rings. The lowest BCUT2D eigenvalue weighted by Gasteiger charge is -2.17. The third-order valence-corrected chi connectivity index (χ3v) is 4.09. The van der Waals surface area contributed by atoms with E-state index in [-0.39, 0.29) is 12.6 Å². The van der Waals surface area contributed by atoms with Gasteiger partial charge in [-0.05, 0) is 41.8 Å². The molecule has 0 aromatic heterocycles. The zero-order chi connectivity index (χ0) is 19.1. The molecule has 0 spiro atoms. The molecule has 0 heterocycles. The number of methoxy groups -OCH3 is 2. The van der Waals surface area contributed by atoms with Gasteiger partial charge in [-0.3, -0.25) is 0 Å². The van der Waals surface area contributed by atoms with Crippen LogP contribution in [-0.4, -0.2) is 31.9 Å². The second-order valence-electron chi connectivity index (χ2n) is 6.24. The number of ether oxygens (including phenoxy) is 2. The molecule has 0 radical (unpaired) electrons. The van der Waals surface area contributed by atoms with E-state index in [0.717, 1.165) is 0 Å². The van der Waals surface area contributed by atoms with Crippen LogP contribution in [0.1, 0.15) is 37.0 Å². The highest BCUT2D eigenvalue weighted by Crippen LogP contribution is 2.29. The van der Waals surface area contributed by atoms with Crippen molar-refractivity contribution in [2.45, 2.75) is 25.9 Å². The van der Waals surface area contributed by atoms with Crippen LogP contribution in [0.2, 0.25) is 0 Å². The molecule has 0 saturated heterocycles. The Hall–Kier alpha value is -2.73. The number of anilines is 1. The quantitative estimate of drug-likeness (QED) is 0.705. The number of hydrogen-bond acceptors (Lipinski definition) is 4. The van der Waals surface area contributed by atoms with Crippen molar-refractivity contribution in [1.82, 2.24) is 5.32 Å². The van der Waals surface area contributed by atoms with E-state index in [1.807, 2.05) is 24.3 Å². The molecule has 0 aliphatic rings. The van der Waals surface area contributed by atoms with Gasteiger partial charge in [-0.2, -0.15) is 0 Å². The molecule has 1 atom stereocenters. The van der Waals surface area contributed by atoms with Crippen LogP contribution in [0, 0.1) is 0 Å². The number of hydrogen-bond donors (Lipinski definition) is 3. The molecule has 26 heavy (non-hydrogen) atoms. The fraction of sp³-hybridized carbons (Fsp3) is 0.350. The Balaban J connectivity index is 1.94. The zero-order valence-electron chi connectivity index (χ0n) is 15.6. The largest absolute Gasteiger partial charge is 0.497 e. The van der Waals surface area contributed by atoms with Crippen LogP contribution >= 0.6 is 0 Å². The van der Waals surface area contributed by atoms with Crippen molar-refractivity contribution in [2.75, 3.05) is 26.1 Å². The molecule has 0 bridgehead atoms. The normalized spacial score (nSPS) is 11.8. The van der Waals surface area contributed by atoms with Gasteiger partial charge in [0.1, 0.15) is 17.6 Å². The average Bonchev–Trinajstić information content (AvgIpc) is 2.65. The third-order valence-electron chi connectivity index (χ3n) is 4.09. The molecule has 2 rings (SSSR count). The summed E-state index contributed by atoms with van der Waals surface area (Å²) in [6.45, 7) is 4.27. The first-order valence-electron chi connectivity index (χ1n) is 8.49. The number of amides is 2. The van der Waals surface area contributed by atoms with Gasteiger partial charge in [-0.25, -0.2) is 4.79 Å². The number of nitrogens with one attached hydrogen (secondary N) is 2. The summed E-state index contributed by atoms with van der Waals surface area (Å²) in [6.07, 6.45) is -0.922. The molecule has 0 unspecified atom stereocenters. The summed E-state index contributed by atoms with van der Waals surface area (Å²) in [4.78, 5) is 12.1. The second kappa shape index (κ2) is 9.10. The topological polar surface area (TPSA) is 79.8 Å². The number of aliphatic hydroxyl groups excluding tert-OH is 1. The number of aliphatic hydroxyl groups is 1. The Morgan fingerprint density at radius 2 is 1.77 bits per heavy atom. The van der Waals surface area contributed by atoms with E-state index in [4.69, 9.17) is 9.47 Å². The zero-order valence-corrected chi connectivity index (χ0v) is 15.6. The highest BCUT2D eigenvalue weighted by molar-refractivity contribution is 5.89. The lowest BCUT2D eigenvalue weighted by Crippen LogP contribution is -2.32. The van der Waals surface area contributed by atoms with Gasteiger partial charge in [0, 0.05) is 17.8 Å². The summed E-state index contributed by atoms with van der Waals surface area (Å²) in [5, 5.41) is 15.8. The van der Waals surface area contributed by atoms with Gasteiger partial charge < -0.3 is 25.2 Å². The molecule has 140 valence electrons. The summed E-state index contributed by atoms with van der Waals surface area (Å²) in [6, 6.07) is 12.4. The van der Waals surface area contributed by atoms with Crippen molar-refractivity contribution in [3.63, 3.8) is 0 Å².